The molecule has 0 bridgehead atoms. The van der Waals surface area contributed by atoms with Crippen LogP contribution in [0.1, 0.15) is 13.8 Å². The smallest absolute Gasteiger partial charge is 0.295 e. The number of imidazole rings is 1. The predicted molar refractivity (Wildman–Crippen MR) is 73.6 cm³/mol. The van der Waals surface area contributed by atoms with Crippen LogP contribution in [0.15, 0.2) is 34.7 Å². The molecule has 0 aliphatic carbocycles. The Bertz CT molecular complexity index is 648. The van der Waals surface area contributed by atoms with Gasteiger partial charge in [-0.05, 0) is 18.2 Å². The Morgan fingerprint density at radius 1 is 1.42 bits per heavy atom. The quantitative estimate of drug-likeness (QED) is 0.940. The number of ether oxygens (including phenoxy) is 3. The first-order chi connectivity index (χ1) is 9.02. The molecule has 0 spiro atoms. The van der Waals surface area contributed by atoms with E-state index in [1.807, 2.05) is 32.0 Å². The topological polar surface area (TPSA) is 56.4 Å². The second kappa shape index (κ2) is 4.45. The van der Waals surface area contributed by atoms with Crippen LogP contribution in [0.5, 0.6) is 6.01 Å². The molecule has 0 saturated carbocycles. The van der Waals surface area contributed by atoms with Crippen LogP contribution in [0.25, 0.3) is 11.0 Å². The van der Waals surface area contributed by atoms with Crippen LogP contribution in [0.4, 0.5) is 0 Å². The average Bonchev–Trinajstić information content (AvgIpc) is 2.89. The second-order valence-corrected chi connectivity index (χ2v) is 5.61. The summed E-state index contributed by atoms with van der Waals surface area (Å²) in [6.45, 7) is 3.97. The molecule has 0 atom stereocenters. The van der Waals surface area contributed by atoms with E-state index in [9.17, 15) is 0 Å². The second-order valence-electron chi connectivity index (χ2n) is 4.70. The highest BCUT2D eigenvalue weighted by Crippen LogP contribution is 2.25. The van der Waals surface area contributed by atoms with Gasteiger partial charge in [-0.2, -0.15) is 4.98 Å². The Morgan fingerprint density at radius 2 is 2.26 bits per heavy atom. The number of nitrogens with one attached hydrogen (secondary N) is 1. The number of hydrogen-bond donors (Lipinski definition) is 1. The van der Waals surface area contributed by atoms with Crippen LogP contribution in [-0.2, 0) is 9.47 Å². The fourth-order valence-corrected chi connectivity index (χ4v) is 2.16. The first kappa shape index (κ1) is 12.3. The summed E-state index contributed by atoms with van der Waals surface area (Å²) in [5, 5.41) is 0. The lowest BCUT2D eigenvalue weighted by Gasteiger charge is -2.17. The average molecular weight is 325 g/mol. The Hall–Kier alpha value is -1.69. The normalized spacial score (nSPS) is 16.9. The summed E-state index contributed by atoms with van der Waals surface area (Å²) >= 11 is 3.41. The summed E-state index contributed by atoms with van der Waals surface area (Å²) in [4.78, 5) is 7.42. The van der Waals surface area contributed by atoms with Crippen LogP contribution in [0.3, 0.4) is 0 Å². The first-order valence-electron chi connectivity index (χ1n) is 5.86. The predicted octanol–water partition coefficient (Wildman–Crippen LogP) is 3.33. The van der Waals surface area contributed by atoms with Gasteiger partial charge < -0.3 is 19.2 Å². The Morgan fingerprint density at radius 3 is 3.00 bits per heavy atom. The number of fused-ring (bicyclic) bond motifs is 1. The standard InChI is InChI=1S/C13H13BrN2O3/c1-13(2)18-7-9(19-13)6-17-12-15-10-4-3-8(14)5-11(10)16-12/h3-5,7H,6H2,1-2H3,(H,15,16). The number of H-pyrrole nitrogens is 1. The Balaban J connectivity index is 1.69. The third kappa shape index (κ3) is 2.68. The van der Waals surface area contributed by atoms with Crippen molar-refractivity contribution in [1.82, 2.24) is 9.97 Å². The zero-order chi connectivity index (χ0) is 13.5. The van der Waals surface area contributed by atoms with Gasteiger partial charge in [0.15, 0.2) is 12.4 Å². The molecular formula is C13H13BrN2O3. The molecule has 0 fully saturated rings. The largest absolute Gasteiger partial charge is 0.457 e. The number of rotatable bonds is 3. The molecule has 2 aromatic rings. The lowest BCUT2D eigenvalue weighted by molar-refractivity contribution is -0.119. The van der Waals surface area contributed by atoms with Gasteiger partial charge in [0.2, 0.25) is 5.79 Å². The van der Waals surface area contributed by atoms with E-state index >= 15 is 0 Å². The molecule has 2 heterocycles. The molecular weight excluding hydrogens is 312 g/mol. The highest BCUT2D eigenvalue weighted by molar-refractivity contribution is 9.10. The summed E-state index contributed by atoms with van der Waals surface area (Å²) in [6, 6.07) is 6.27. The number of nitrogens with zero attached hydrogens (tertiary/aromatic N) is 1. The third-order valence-electron chi connectivity index (χ3n) is 2.62. The highest BCUT2D eigenvalue weighted by atomic mass is 79.9. The van der Waals surface area contributed by atoms with Crippen LogP contribution in [0, 0.1) is 0 Å². The fourth-order valence-electron chi connectivity index (χ4n) is 1.80. The number of hydrogen-bond acceptors (Lipinski definition) is 4. The number of aromatic amines is 1. The van der Waals surface area contributed by atoms with E-state index in [-0.39, 0.29) is 6.61 Å². The van der Waals surface area contributed by atoms with Gasteiger partial charge in [-0.25, -0.2) is 0 Å². The SMILES string of the molecule is CC1(C)OC=C(COc2nc3ccc(Br)cc3[nH]2)O1. The van der Waals surface area contributed by atoms with E-state index in [0.29, 0.717) is 11.8 Å². The van der Waals surface area contributed by atoms with Crippen molar-refractivity contribution in [2.75, 3.05) is 6.61 Å². The monoisotopic (exact) mass is 324 g/mol. The summed E-state index contributed by atoms with van der Waals surface area (Å²) in [6.07, 6.45) is 1.57. The van der Waals surface area contributed by atoms with Crippen molar-refractivity contribution in [3.63, 3.8) is 0 Å². The molecule has 1 aromatic heterocycles. The molecule has 19 heavy (non-hydrogen) atoms. The molecule has 6 heteroatoms. The molecule has 0 unspecified atom stereocenters. The van der Waals surface area contributed by atoms with Crippen molar-refractivity contribution in [3.8, 4) is 6.01 Å². The summed E-state index contributed by atoms with van der Waals surface area (Å²) in [7, 11) is 0. The maximum absolute atomic E-state index is 5.55. The van der Waals surface area contributed by atoms with E-state index in [4.69, 9.17) is 14.2 Å². The summed E-state index contributed by atoms with van der Waals surface area (Å²) in [5.41, 5.74) is 1.78. The molecule has 1 aliphatic heterocycles. The number of benzene rings is 1. The number of halogens is 1. The molecule has 0 radical (unpaired) electrons. The minimum absolute atomic E-state index is 0.282. The summed E-state index contributed by atoms with van der Waals surface area (Å²) < 4.78 is 17.4. The lowest BCUT2D eigenvalue weighted by atomic mass is 10.3. The molecule has 1 aliphatic rings. The van der Waals surface area contributed by atoms with Gasteiger partial charge in [0.1, 0.15) is 6.26 Å². The van der Waals surface area contributed by atoms with E-state index < -0.39 is 5.79 Å². The van der Waals surface area contributed by atoms with Crippen molar-refractivity contribution in [2.24, 2.45) is 0 Å². The number of aromatic nitrogens is 2. The molecule has 1 N–H and O–H groups in total. The first-order valence-corrected chi connectivity index (χ1v) is 6.65. The van der Waals surface area contributed by atoms with Crippen molar-refractivity contribution in [2.45, 2.75) is 19.6 Å². The third-order valence-corrected chi connectivity index (χ3v) is 3.12. The van der Waals surface area contributed by atoms with Gasteiger partial charge in [0.05, 0.1) is 11.0 Å². The summed E-state index contributed by atoms with van der Waals surface area (Å²) in [5.74, 6) is 0.0314. The zero-order valence-corrected chi connectivity index (χ0v) is 12.2. The van der Waals surface area contributed by atoms with Crippen molar-refractivity contribution in [3.05, 3.63) is 34.7 Å². The Labute approximate surface area is 118 Å². The van der Waals surface area contributed by atoms with Crippen molar-refractivity contribution >= 4 is 27.0 Å². The van der Waals surface area contributed by atoms with Gasteiger partial charge in [-0.1, -0.05) is 15.9 Å². The van der Waals surface area contributed by atoms with Crippen molar-refractivity contribution in [1.29, 1.82) is 0 Å². The van der Waals surface area contributed by atoms with Crippen molar-refractivity contribution < 1.29 is 14.2 Å². The van der Waals surface area contributed by atoms with E-state index in [2.05, 4.69) is 25.9 Å². The van der Waals surface area contributed by atoms with E-state index in [0.717, 1.165) is 15.5 Å². The van der Waals surface area contributed by atoms with Gasteiger partial charge in [-0.3, -0.25) is 0 Å². The van der Waals surface area contributed by atoms with Gasteiger partial charge in [0.25, 0.3) is 6.01 Å². The van der Waals surface area contributed by atoms with Crippen LogP contribution in [-0.4, -0.2) is 22.4 Å². The van der Waals surface area contributed by atoms with E-state index in [1.165, 1.54) is 0 Å². The highest BCUT2D eigenvalue weighted by Gasteiger charge is 2.27. The molecule has 0 amide bonds. The van der Waals surface area contributed by atoms with Crippen LogP contribution < -0.4 is 4.74 Å². The van der Waals surface area contributed by atoms with E-state index in [1.54, 1.807) is 6.26 Å². The molecule has 1 aromatic carbocycles. The molecule has 3 rings (SSSR count). The zero-order valence-electron chi connectivity index (χ0n) is 10.6. The fraction of sp³-hybridized carbons (Fsp3) is 0.308. The molecule has 0 saturated heterocycles. The molecule has 5 nitrogen and oxygen atoms in total. The van der Waals surface area contributed by atoms with Gasteiger partial charge >= 0.3 is 0 Å². The van der Waals surface area contributed by atoms with Crippen LogP contribution >= 0.6 is 15.9 Å². The van der Waals surface area contributed by atoms with Crippen LogP contribution in [0.2, 0.25) is 0 Å². The lowest BCUT2D eigenvalue weighted by Crippen LogP contribution is -2.21. The maximum Gasteiger partial charge on any atom is 0.295 e. The minimum atomic E-state index is -0.614. The molecule has 100 valence electrons. The van der Waals surface area contributed by atoms with Gasteiger partial charge in [-0.15, -0.1) is 0 Å². The minimum Gasteiger partial charge on any atom is -0.457 e. The maximum atomic E-state index is 5.55. The Kier molecular flexibility index (Phi) is 2.89. The van der Waals surface area contributed by atoms with Gasteiger partial charge in [0, 0.05) is 18.3 Å².